The normalized spacial score (nSPS) is 26.2. The van der Waals surface area contributed by atoms with Gasteiger partial charge in [0.15, 0.2) is 11.5 Å². The van der Waals surface area contributed by atoms with Gasteiger partial charge in [0.25, 0.3) is 5.91 Å². The van der Waals surface area contributed by atoms with E-state index in [1.54, 1.807) is 23.1 Å². The Kier molecular flexibility index (Phi) is 5.53. The fourth-order valence-electron chi connectivity index (χ4n) is 4.05. The summed E-state index contributed by atoms with van der Waals surface area (Å²) in [6.45, 7) is 4.85. The van der Waals surface area contributed by atoms with Crippen molar-refractivity contribution in [2.24, 2.45) is 11.1 Å². The smallest absolute Gasteiger partial charge is 0.254 e. The standard InChI is InChI=1S/C19H25N3O4.ClH/c1-19(10-20)6-8-21(11-19)18(24)14-3-2-7-22(14)17(23)13-4-5-15-16(9-13)26-12-25-15;/h4-5,9,14H,2-3,6-8,10-12,20H2,1H3;1H. The molecule has 0 radical (unpaired) electrons. The number of ether oxygens (including phenoxy) is 2. The summed E-state index contributed by atoms with van der Waals surface area (Å²) in [5, 5.41) is 0. The first-order valence-corrected chi connectivity index (χ1v) is 9.20. The lowest BCUT2D eigenvalue weighted by Gasteiger charge is -2.29. The molecule has 0 saturated carbocycles. The largest absolute Gasteiger partial charge is 0.454 e. The first-order chi connectivity index (χ1) is 12.5. The molecule has 1 aromatic carbocycles. The molecule has 3 aliphatic heterocycles. The second kappa shape index (κ2) is 7.56. The van der Waals surface area contributed by atoms with Crippen LogP contribution in [0.25, 0.3) is 0 Å². The van der Waals surface area contributed by atoms with Crippen LogP contribution < -0.4 is 15.2 Å². The van der Waals surface area contributed by atoms with Crippen LogP contribution in [0.3, 0.4) is 0 Å². The van der Waals surface area contributed by atoms with Crippen LogP contribution in [0.5, 0.6) is 11.5 Å². The summed E-state index contributed by atoms with van der Waals surface area (Å²) in [5.74, 6) is 1.15. The zero-order chi connectivity index (χ0) is 18.3. The number of nitrogens with zero attached hydrogens (tertiary/aromatic N) is 2. The molecule has 2 unspecified atom stereocenters. The number of carbonyl (C=O) groups is 2. The molecule has 148 valence electrons. The molecule has 2 N–H and O–H groups in total. The molecule has 2 amide bonds. The monoisotopic (exact) mass is 395 g/mol. The van der Waals surface area contributed by atoms with Crippen LogP contribution in [-0.2, 0) is 4.79 Å². The number of nitrogens with two attached hydrogens (primary N) is 1. The van der Waals surface area contributed by atoms with E-state index < -0.39 is 0 Å². The van der Waals surface area contributed by atoms with Gasteiger partial charge in [-0.05, 0) is 49.4 Å². The second-order valence-corrected chi connectivity index (χ2v) is 7.75. The van der Waals surface area contributed by atoms with Gasteiger partial charge in [-0.2, -0.15) is 0 Å². The average molecular weight is 396 g/mol. The van der Waals surface area contributed by atoms with E-state index in [1.807, 2.05) is 4.90 Å². The van der Waals surface area contributed by atoms with E-state index >= 15 is 0 Å². The number of benzene rings is 1. The summed E-state index contributed by atoms with van der Waals surface area (Å²) < 4.78 is 10.7. The summed E-state index contributed by atoms with van der Waals surface area (Å²) in [6, 6.07) is 4.80. The van der Waals surface area contributed by atoms with Crippen molar-refractivity contribution >= 4 is 24.2 Å². The molecule has 2 saturated heterocycles. The highest BCUT2D eigenvalue weighted by Gasteiger charge is 2.41. The average Bonchev–Trinajstić information content (AvgIpc) is 3.39. The first kappa shape index (κ1) is 19.8. The third kappa shape index (κ3) is 3.58. The highest BCUT2D eigenvalue weighted by atomic mass is 35.5. The number of rotatable bonds is 3. The summed E-state index contributed by atoms with van der Waals surface area (Å²) in [4.78, 5) is 29.6. The number of fused-ring (bicyclic) bond motifs is 1. The van der Waals surface area contributed by atoms with Gasteiger partial charge in [-0.1, -0.05) is 6.92 Å². The molecule has 2 fully saturated rings. The lowest BCUT2D eigenvalue weighted by atomic mass is 9.90. The van der Waals surface area contributed by atoms with Crippen LogP contribution in [0.4, 0.5) is 0 Å². The van der Waals surface area contributed by atoms with Crippen molar-refractivity contribution < 1.29 is 19.1 Å². The molecule has 0 bridgehead atoms. The predicted molar refractivity (Wildman–Crippen MR) is 102 cm³/mol. The maximum absolute atomic E-state index is 13.0. The van der Waals surface area contributed by atoms with Crippen LogP contribution in [0.2, 0.25) is 0 Å². The van der Waals surface area contributed by atoms with Crippen molar-refractivity contribution in [1.82, 2.24) is 9.80 Å². The van der Waals surface area contributed by atoms with Gasteiger partial charge in [-0.25, -0.2) is 0 Å². The van der Waals surface area contributed by atoms with Crippen LogP contribution in [0.15, 0.2) is 18.2 Å². The molecule has 0 aromatic heterocycles. The summed E-state index contributed by atoms with van der Waals surface area (Å²) in [6.07, 6.45) is 2.47. The van der Waals surface area contributed by atoms with E-state index in [-0.39, 0.29) is 42.5 Å². The van der Waals surface area contributed by atoms with Crippen molar-refractivity contribution in [2.45, 2.75) is 32.2 Å². The Morgan fingerprint density at radius 3 is 2.78 bits per heavy atom. The highest BCUT2D eigenvalue weighted by Crippen LogP contribution is 2.34. The van der Waals surface area contributed by atoms with Gasteiger partial charge < -0.3 is 25.0 Å². The molecule has 8 heteroatoms. The quantitative estimate of drug-likeness (QED) is 0.840. The summed E-state index contributed by atoms with van der Waals surface area (Å²) in [5.41, 5.74) is 6.37. The van der Waals surface area contributed by atoms with Crippen LogP contribution in [0, 0.1) is 5.41 Å². The second-order valence-electron chi connectivity index (χ2n) is 7.75. The molecule has 4 rings (SSSR count). The van der Waals surface area contributed by atoms with E-state index in [2.05, 4.69) is 6.92 Å². The fraction of sp³-hybridized carbons (Fsp3) is 0.579. The number of carbonyl (C=O) groups excluding carboxylic acids is 2. The van der Waals surface area contributed by atoms with Crippen LogP contribution in [0.1, 0.15) is 36.5 Å². The van der Waals surface area contributed by atoms with Gasteiger partial charge in [0.2, 0.25) is 12.7 Å². The fourth-order valence-corrected chi connectivity index (χ4v) is 4.05. The Balaban J connectivity index is 0.00000210. The van der Waals surface area contributed by atoms with Crippen molar-refractivity contribution in [3.8, 4) is 11.5 Å². The van der Waals surface area contributed by atoms with Gasteiger partial charge in [0.1, 0.15) is 6.04 Å². The number of likely N-dealkylation sites (tertiary alicyclic amines) is 2. The van der Waals surface area contributed by atoms with Crippen molar-refractivity contribution in [3.05, 3.63) is 23.8 Å². The van der Waals surface area contributed by atoms with E-state index in [9.17, 15) is 9.59 Å². The Hall–Kier alpha value is -1.99. The lowest BCUT2D eigenvalue weighted by Crippen LogP contribution is -2.47. The molecular weight excluding hydrogens is 370 g/mol. The molecule has 0 aliphatic carbocycles. The number of amides is 2. The van der Waals surface area contributed by atoms with E-state index in [0.717, 1.165) is 19.4 Å². The van der Waals surface area contributed by atoms with E-state index in [4.69, 9.17) is 15.2 Å². The van der Waals surface area contributed by atoms with Gasteiger partial charge in [0.05, 0.1) is 0 Å². The third-order valence-corrected chi connectivity index (χ3v) is 5.78. The first-order valence-electron chi connectivity index (χ1n) is 9.20. The van der Waals surface area contributed by atoms with Gasteiger partial charge in [0, 0.05) is 25.2 Å². The summed E-state index contributed by atoms with van der Waals surface area (Å²) in [7, 11) is 0. The van der Waals surface area contributed by atoms with E-state index in [1.165, 1.54) is 0 Å². The molecule has 1 aromatic rings. The van der Waals surface area contributed by atoms with Crippen molar-refractivity contribution in [3.63, 3.8) is 0 Å². The van der Waals surface area contributed by atoms with Crippen molar-refractivity contribution in [2.75, 3.05) is 33.0 Å². The minimum absolute atomic E-state index is 0. The number of halogens is 1. The lowest BCUT2D eigenvalue weighted by molar-refractivity contribution is -0.134. The summed E-state index contributed by atoms with van der Waals surface area (Å²) >= 11 is 0. The number of hydrogen-bond donors (Lipinski definition) is 1. The highest BCUT2D eigenvalue weighted by molar-refractivity contribution is 5.98. The van der Waals surface area contributed by atoms with Gasteiger partial charge >= 0.3 is 0 Å². The SMILES string of the molecule is CC1(CN)CCN(C(=O)C2CCCN2C(=O)c2ccc3c(c2)OCO3)C1.Cl. The molecule has 2 atom stereocenters. The maximum Gasteiger partial charge on any atom is 0.254 e. The van der Waals surface area contributed by atoms with Crippen LogP contribution in [-0.4, -0.2) is 60.6 Å². The molecule has 3 heterocycles. The Labute approximate surface area is 165 Å². The predicted octanol–water partition coefficient (Wildman–Crippen LogP) is 1.64. The van der Waals surface area contributed by atoms with Crippen molar-refractivity contribution in [1.29, 1.82) is 0 Å². The number of hydrogen-bond acceptors (Lipinski definition) is 5. The minimum atomic E-state index is -0.381. The maximum atomic E-state index is 13.0. The Morgan fingerprint density at radius 2 is 2.04 bits per heavy atom. The zero-order valence-electron chi connectivity index (χ0n) is 15.5. The minimum Gasteiger partial charge on any atom is -0.454 e. The molecule has 27 heavy (non-hydrogen) atoms. The molecule has 0 spiro atoms. The van der Waals surface area contributed by atoms with Gasteiger partial charge in [-0.15, -0.1) is 12.4 Å². The topological polar surface area (TPSA) is 85.1 Å². The van der Waals surface area contributed by atoms with E-state index in [0.29, 0.717) is 43.1 Å². The third-order valence-electron chi connectivity index (χ3n) is 5.78. The zero-order valence-corrected chi connectivity index (χ0v) is 16.3. The van der Waals surface area contributed by atoms with Gasteiger partial charge in [-0.3, -0.25) is 9.59 Å². The molecular formula is C19H26ClN3O4. The molecule has 3 aliphatic rings. The Morgan fingerprint density at radius 1 is 1.26 bits per heavy atom. The Bertz CT molecular complexity index is 744. The molecule has 7 nitrogen and oxygen atoms in total. The van der Waals surface area contributed by atoms with Crippen LogP contribution >= 0.6 is 12.4 Å².